The van der Waals surface area contributed by atoms with Gasteiger partial charge in [-0.2, -0.15) is 4.98 Å². The van der Waals surface area contributed by atoms with Crippen molar-refractivity contribution in [3.05, 3.63) is 30.1 Å². The maximum atomic E-state index is 5.31. The van der Waals surface area contributed by atoms with Crippen LogP contribution in [-0.2, 0) is 0 Å². The van der Waals surface area contributed by atoms with E-state index in [2.05, 4.69) is 28.4 Å². The van der Waals surface area contributed by atoms with Crippen LogP contribution in [0.25, 0.3) is 11.5 Å². The molecule has 0 spiro atoms. The van der Waals surface area contributed by atoms with Crippen LogP contribution >= 0.6 is 0 Å². The molecule has 4 nitrogen and oxygen atoms in total. The summed E-state index contributed by atoms with van der Waals surface area (Å²) in [5, 5.41) is 7.57. The molecule has 1 aliphatic carbocycles. The zero-order valence-corrected chi connectivity index (χ0v) is 12.1. The standard InChI is InChI=1S/C16H21N3O/c1-3-12-7-6-10-14(12)18-15-9-5-4-8-13(15)16-17-11(2)19-20-16/h4-5,8-9,12,14,18H,3,6-7,10H2,1-2H3. The van der Waals surface area contributed by atoms with Gasteiger partial charge in [0, 0.05) is 11.7 Å². The maximum absolute atomic E-state index is 5.31. The lowest BCUT2D eigenvalue weighted by Gasteiger charge is -2.22. The number of nitrogens with zero attached hydrogens (tertiary/aromatic N) is 2. The number of nitrogens with one attached hydrogen (secondary N) is 1. The minimum atomic E-state index is 0.560. The highest BCUT2D eigenvalue weighted by molar-refractivity contribution is 5.72. The number of rotatable bonds is 4. The summed E-state index contributed by atoms with van der Waals surface area (Å²) in [4.78, 5) is 4.34. The Morgan fingerprint density at radius 1 is 1.30 bits per heavy atom. The minimum Gasteiger partial charge on any atom is -0.381 e. The lowest BCUT2D eigenvalue weighted by atomic mass is 10.00. The summed E-state index contributed by atoms with van der Waals surface area (Å²) in [5.41, 5.74) is 2.09. The van der Waals surface area contributed by atoms with Crippen molar-refractivity contribution < 1.29 is 4.52 Å². The van der Waals surface area contributed by atoms with Gasteiger partial charge in [-0.3, -0.25) is 0 Å². The zero-order chi connectivity index (χ0) is 13.9. The number of aryl methyl sites for hydroxylation is 1. The van der Waals surface area contributed by atoms with Crippen molar-refractivity contribution in [2.75, 3.05) is 5.32 Å². The number of aromatic nitrogens is 2. The van der Waals surface area contributed by atoms with Crippen molar-refractivity contribution in [2.24, 2.45) is 5.92 Å². The summed E-state index contributed by atoms with van der Waals surface area (Å²) in [6.45, 7) is 4.12. The van der Waals surface area contributed by atoms with Gasteiger partial charge in [0.05, 0.1) is 5.56 Å². The Morgan fingerprint density at radius 3 is 2.90 bits per heavy atom. The van der Waals surface area contributed by atoms with Crippen LogP contribution in [0.15, 0.2) is 28.8 Å². The third-order valence-electron chi connectivity index (χ3n) is 4.21. The van der Waals surface area contributed by atoms with Crippen molar-refractivity contribution in [3.8, 4) is 11.5 Å². The summed E-state index contributed by atoms with van der Waals surface area (Å²) < 4.78 is 5.31. The molecular formula is C16H21N3O. The fraction of sp³-hybridized carbons (Fsp3) is 0.500. The second-order valence-electron chi connectivity index (χ2n) is 5.54. The fourth-order valence-corrected chi connectivity index (χ4v) is 3.12. The molecule has 1 fully saturated rings. The van der Waals surface area contributed by atoms with E-state index in [1.54, 1.807) is 0 Å². The molecule has 20 heavy (non-hydrogen) atoms. The third kappa shape index (κ3) is 2.55. The van der Waals surface area contributed by atoms with Crippen molar-refractivity contribution >= 4 is 5.69 Å². The molecule has 1 N–H and O–H groups in total. The second kappa shape index (κ2) is 5.65. The Balaban J connectivity index is 1.86. The third-order valence-corrected chi connectivity index (χ3v) is 4.21. The van der Waals surface area contributed by atoms with Gasteiger partial charge in [0.25, 0.3) is 5.89 Å². The number of hydrogen-bond donors (Lipinski definition) is 1. The molecule has 0 radical (unpaired) electrons. The highest BCUT2D eigenvalue weighted by Gasteiger charge is 2.26. The van der Waals surface area contributed by atoms with Crippen LogP contribution < -0.4 is 5.32 Å². The summed E-state index contributed by atoms with van der Waals surface area (Å²) in [6.07, 6.45) is 5.13. The highest BCUT2D eigenvalue weighted by Crippen LogP contribution is 2.33. The molecule has 106 valence electrons. The van der Waals surface area contributed by atoms with Gasteiger partial charge < -0.3 is 9.84 Å². The molecule has 1 saturated carbocycles. The molecule has 2 atom stereocenters. The molecule has 3 rings (SSSR count). The Kier molecular flexibility index (Phi) is 3.72. The van der Waals surface area contributed by atoms with Crippen LogP contribution in [0, 0.1) is 12.8 Å². The van der Waals surface area contributed by atoms with Crippen molar-refractivity contribution in [3.63, 3.8) is 0 Å². The largest absolute Gasteiger partial charge is 0.381 e. The Morgan fingerprint density at radius 2 is 2.15 bits per heavy atom. The quantitative estimate of drug-likeness (QED) is 0.912. The molecule has 1 heterocycles. The van der Waals surface area contributed by atoms with Crippen LogP contribution in [0.5, 0.6) is 0 Å². The molecule has 0 amide bonds. The molecule has 0 aliphatic heterocycles. The van der Waals surface area contributed by atoms with E-state index in [9.17, 15) is 0 Å². The summed E-state index contributed by atoms with van der Waals surface area (Å²) in [6, 6.07) is 8.74. The summed E-state index contributed by atoms with van der Waals surface area (Å²) in [5.74, 6) is 2.03. The summed E-state index contributed by atoms with van der Waals surface area (Å²) in [7, 11) is 0. The molecule has 1 aromatic heterocycles. The molecular weight excluding hydrogens is 250 g/mol. The highest BCUT2D eigenvalue weighted by atomic mass is 16.5. The molecule has 2 aromatic rings. The van der Waals surface area contributed by atoms with E-state index >= 15 is 0 Å². The predicted octanol–water partition coefficient (Wildman–Crippen LogP) is 4.04. The van der Waals surface area contributed by atoms with Gasteiger partial charge in [0.1, 0.15) is 0 Å². The average Bonchev–Trinajstić information content (AvgIpc) is 3.08. The van der Waals surface area contributed by atoms with E-state index in [4.69, 9.17) is 4.52 Å². The first-order valence-corrected chi connectivity index (χ1v) is 7.44. The molecule has 1 aliphatic rings. The smallest absolute Gasteiger partial charge is 0.260 e. The van der Waals surface area contributed by atoms with Gasteiger partial charge in [-0.15, -0.1) is 0 Å². The number of anilines is 1. The van der Waals surface area contributed by atoms with Gasteiger partial charge in [-0.05, 0) is 37.8 Å². The Hall–Kier alpha value is -1.84. The minimum absolute atomic E-state index is 0.560. The monoisotopic (exact) mass is 271 g/mol. The molecule has 2 unspecified atom stereocenters. The first-order valence-electron chi connectivity index (χ1n) is 7.44. The molecule has 0 bridgehead atoms. The Bertz CT molecular complexity index is 579. The average molecular weight is 271 g/mol. The van der Waals surface area contributed by atoms with Crippen molar-refractivity contribution in [2.45, 2.75) is 45.6 Å². The van der Waals surface area contributed by atoms with Crippen LogP contribution in [0.1, 0.15) is 38.4 Å². The van der Waals surface area contributed by atoms with E-state index in [-0.39, 0.29) is 0 Å². The van der Waals surface area contributed by atoms with Gasteiger partial charge in [0.2, 0.25) is 0 Å². The molecule has 0 saturated heterocycles. The second-order valence-corrected chi connectivity index (χ2v) is 5.54. The van der Waals surface area contributed by atoms with Gasteiger partial charge in [0.15, 0.2) is 5.82 Å². The number of benzene rings is 1. The number of hydrogen-bond acceptors (Lipinski definition) is 4. The SMILES string of the molecule is CCC1CCCC1Nc1ccccc1-c1nc(C)no1. The topological polar surface area (TPSA) is 51.0 Å². The van der Waals surface area contributed by atoms with Crippen LogP contribution in [-0.4, -0.2) is 16.2 Å². The van der Waals surface area contributed by atoms with E-state index < -0.39 is 0 Å². The zero-order valence-electron chi connectivity index (χ0n) is 12.1. The van der Waals surface area contributed by atoms with Crippen LogP contribution in [0.4, 0.5) is 5.69 Å². The fourth-order valence-electron chi connectivity index (χ4n) is 3.12. The predicted molar refractivity (Wildman–Crippen MR) is 79.5 cm³/mol. The normalized spacial score (nSPS) is 22.1. The Labute approximate surface area is 119 Å². The first kappa shape index (κ1) is 13.2. The van der Waals surface area contributed by atoms with Crippen molar-refractivity contribution in [1.29, 1.82) is 0 Å². The first-order chi connectivity index (χ1) is 9.78. The van der Waals surface area contributed by atoms with E-state index in [1.165, 1.54) is 25.7 Å². The van der Waals surface area contributed by atoms with Crippen molar-refractivity contribution in [1.82, 2.24) is 10.1 Å². The molecule has 1 aromatic carbocycles. The van der Waals surface area contributed by atoms with Gasteiger partial charge >= 0.3 is 0 Å². The summed E-state index contributed by atoms with van der Waals surface area (Å²) >= 11 is 0. The number of para-hydroxylation sites is 1. The van der Waals surface area contributed by atoms with Gasteiger partial charge in [-0.1, -0.05) is 37.1 Å². The van der Waals surface area contributed by atoms with Gasteiger partial charge in [-0.25, -0.2) is 0 Å². The maximum Gasteiger partial charge on any atom is 0.260 e. The lowest BCUT2D eigenvalue weighted by Crippen LogP contribution is -2.23. The van der Waals surface area contributed by atoms with E-state index in [1.807, 2.05) is 25.1 Å². The van der Waals surface area contributed by atoms with E-state index in [0.717, 1.165) is 17.2 Å². The van der Waals surface area contributed by atoms with E-state index in [0.29, 0.717) is 17.8 Å². The van der Waals surface area contributed by atoms with Crippen LogP contribution in [0.3, 0.4) is 0 Å². The molecule has 4 heteroatoms. The lowest BCUT2D eigenvalue weighted by molar-refractivity contribution is 0.425. The van der Waals surface area contributed by atoms with Crippen LogP contribution in [0.2, 0.25) is 0 Å².